The molecule has 166 valence electrons. The van der Waals surface area contributed by atoms with E-state index in [1.54, 1.807) is 36.7 Å². The first kappa shape index (κ1) is 23.0. The standard InChI is InChI=1S/C23H18Cl2N6OS/c1-15(16-10-12-26-13-11-16)27-28-21(32)14-33-23-30-29-22(17-2-4-18(24)5-3-17)31(23)20-8-6-19(25)7-9-20/h2-13H,14H2,1H3,(H,28,32)/b27-15-. The highest BCUT2D eigenvalue weighted by atomic mass is 35.5. The Morgan fingerprint density at radius 2 is 1.61 bits per heavy atom. The van der Waals surface area contributed by atoms with Crippen molar-refractivity contribution in [3.63, 3.8) is 0 Å². The molecule has 0 aliphatic carbocycles. The van der Waals surface area contributed by atoms with E-state index in [4.69, 9.17) is 23.2 Å². The quantitative estimate of drug-likeness (QED) is 0.214. The molecule has 0 aliphatic rings. The Balaban J connectivity index is 1.54. The van der Waals surface area contributed by atoms with Gasteiger partial charge in [0.15, 0.2) is 11.0 Å². The highest BCUT2D eigenvalue weighted by Gasteiger charge is 2.17. The summed E-state index contributed by atoms with van der Waals surface area (Å²) in [4.78, 5) is 16.4. The number of benzene rings is 2. The van der Waals surface area contributed by atoms with Crippen molar-refractivity contribution in [3.8, 4) is 17.1 Å². The minimum Gasteiger partial charge on any atom is -0.272 e. The van der Waals surface area contributed by atoms with Crippen molar-refractivity contribution in [2.75, 3.05) is 5.75 Å². The molecule has 1 amide bonds. The van der Waals surface area contributed by atoms with Crippen LogP contribution < -0.4 is 5.43 Å². The molecular weight excluding hydrogens is 479 g/mol. The first-order valence-electron chi connectivity index (χ1n) is 9.85. The van der Waals surface area contributed by atoms with Crippen molar-refractivity contribution in [2.45, 2.75) is 12.1 Å². The molecule has 0 radical (unpaired) electrons. The van der Waals surface area contributed by atoms with E-state index in [2.05, 4.69) is 25.7 Å². The number of halogens is 2. The fourth-order valence-electron chi connectivity index (χ4n) is 2.94. The average molecular weight is 497 g/mol. The summed E-state index contributed by atoms with van der Waals surface area (Å²) in [7, 11) is 0. The molecule has 2 aromatic carbocycles. The molecule has 0 saturated heterocycles. The Bertz CT molecular complexity index is 1270. The van der Waals surface area contributed by atoms with Gasteiger partial charge < -0.3 is 0 Å². The van der Waals surface area contributed by atoms with Gasteiger partial charge in [0.2, 0.25) is 0 Å². The summed E-state index contributed by atoms with van der Waals surface area (Å²) in [6, 6.07) is 18.3. The molecule has 10 heteroatoms. The second-order valence-electron chi connectivity index (χ2n) is 6.88. The Morgan fingerprint density at radius 1 is 0.970 bits per heavy atom. The van der Waals surface area contributed by atoms with E-state index >= 15 is 0 Å². The van der Waals surface area contributed by atoms with Gasteiger partial charge in [0.1, 0.15) is 0 Å². The lowest BCUT2D eigenvalue weighted by Crippen LogP contribution is -2.21. The summed E-state index contributed by atoms with van der Waals surface area (Å²) in [5, 5.41) is 14.7. The Labute approximate surface area is 204 Å². The molecule has 0 spiro atoms. The van der Waals surface area contributed by atoms with Crippen LogP contribution in [0.3, 0.4) is 0 Å². The van der Waals surface area contributed by atoms with Gasteiger partial charge in [0.05, 0.1) is 11.5 Å². The molecule has 0 unspecified atom stereocenters. The maximum Gasteiger partial charge on any atom is 0.250 e. The molecule has 0 fully saturated rings. The van der Waals surface area contributed by atoms with E-state index in [9.17, 15) is 4.79 Å². The number of aromatic nitrogens is 4. The van der Waals surface area contributed by atoms with Crippen LogP contribution in [-0.4, -0.2) is 37.1 Å². The molecule has 33 heavy (non-hydrogen) atoms. The fraction of sp³-hybridized carbons (Fsp3) is 0.0870. The zero-order valence-corrected chi connectivity index (χ0v) is 19.8. The molecule has 7 nitrogen and oxygen atoms in total. The predicted octanol–water partition coefficient (Wildman–Crippen LogP) is 5.27. The van der Waals surface area contributed by atoms with Crippen LogP contribution in [0.2, 0.25) is 10.0 Å². The highest BCUT2D eigenvalue weighted by Crippen LogP contribution is 2.29. The van der Waals surface area contributed by atoms with Crippen molar-refractivity contribution < 1.29 is 4.79 Å². The summed E-state index contributed by atoms with van der Waals surface area (Å²) in [5.74, 6) is 0.481. The molecule has 0 saturated carbocycles. The van der Waals surface area contributed by atoms with Crippen LogP contribution in [-0.2, 0) is 4.79 Å². The minimum atomic E-state index is -0.257. The Kier molecular flexibility index (Phi) is 7.39. The number of hydrogen-bond donors (Lipinski definition) is 1. The molecule has 0 bridgehead atoms. The predicted molar refractivity (Wildman–Crippen MR) is 132 cm³/mol. The molecule has 0 aliphatic heterocycles. The first-order valence-corrected chi connectivity index (χ1v) is 11.6. The SMILES string of the molecule is C/C(=N/NC(=O)CSc1nnc(-c2ccc(Cl)cc2)n1-c1ccc(Cl)cc1)c1ccncc1. The molecule has 2 aromatic heterocycles. The van der Waals surface area contributed by atoms with Crippen LogP contribution in [0.15, 0.2) is 83.3 Å². The molecule has 4 aromatic rings. The normalized spacial score (nSPS) is 11.4. The largest absolute Gasteiger partial charge is 0.272 e. The average Bonchev–Trinajstić information content (AvgIpc) is 3.26. The smallest absolute Gasteiger partial charge is 0.250 e. The van der Waals surface area contributed by atoms with Crippen molar-refractivity contribution in [1.82, 2.24) is 25.2 Å². The number of amides is 1. The van der Waals surface area contributed by atoms with Crippen LogP contribution in [0.4, 0.5) is 0 Å². The third-order valence-corrected chi connectivity index (χ3v) is 6.03. The van der Waals surface area contributed by atoms with E-state index in [0.717, 1.165) is 16.8 Å². The highest BCUT2D eigenvalue weighted by molar-refractivity contribution is 7.99. The van der Waals surface area contributed by atoms with E-state index < -0.39 is 0 Å². The van der Waals surface area contributed by atoms with Gasteiger partial charge in [0.25, 0.3) is 5.91 Å². The van der Waals surface area contributed by atoms with Crippen LogP contribution in [0.25, 0.3) is 17.1 Å². The van der Waals surface area contributed by atoms with Crippen LogP contribution in [0.1, 0.15) is 12.5 Å². The molecule has 0 atom stereocenters. The van der Waals surface area contributed by atoms with E-state index in [1.165, 1.54) is 11.8 Å². The number of hydrogen-bond acceptors (Lipinski definition) is 6. The van der Waals surface area contributed by atoms with Crippen LogP contribution >= 0.6 is 35.0 Å². The van der Waals surface area contributed by atoms with Crippen LogP contribution in [0, 0.1) is 0 Å². The maximum absolute atomic E-state index is 12.4. The van der Waals surface area contributed by atoms with Crippen molar-refractivity contribution in [3.05, 3.63) is 88.7 Å². The molecule has 4 rings (SSSR count). The van der Waals surface area contributed by atoms with E-state index in [-0.39, 0.29) is 11.7 Å². The van der Waals surface area contributed by atoms with E-state index in [1.807, 2.05) is 47.9 Å². The number of nitrogens with one attached hydrogen (secondary N) is 1. The number of nitrogens with zero attached hydrogens (tertiary/aromatic N) is 5. The lowest BCUT2D eigenvalue weighted by atomic mass is 10.2. The number of pyridine rings is 1. The van der Waals surface area contributed by atoms with Gasteiger partial charge >= 0.3 is 0 Å². The van der Waals surface area contributed by atoms with Crippen molar-refractivity contribution >= 4 is 46.6 Å². The number of rotatable bonds is 7. The lowest BCUT2D eigenvalue weighted by Gasteiger charge is -2.10. The minimum absolute atomic E-state index is 0.111. The summed E-state index contributed by atoms with van der Waals surface area (Å²) < 4.78 is 1.88. The summed E-state index contributed by atoms with van der Waals surface area (Å²) in [5.41, 5.74) is 5.81. The third kappa shape index (κ3) is 5.78. The first-order chi connectivity index (χ1) is 16.0. The van der Waals surface area contributed by atoms with Gasteiger partial charge in [-0.3, -0.25) is 14.3 Å². The number of thioether (sulfide) groups is 1. The lowest BCUT2D eigenvalue weighted by molar-refractivity contribution is -0.118. The zero-order chi connectivity index (χ0) is 23.2. The monoisotopic (exact) mass is 496 g/mol. The fourth-order valence-corrected chi connectivity index (χ4v) is 3.93. The maximum atomic E-state index is 12.4. The summed E-state index contributed by atoms with van der Waals surface area (Å²) in [6.45, 7) is 1.82. The Morgan fingerprint density at radius 3 is 2.27 bits per heavy atom. The number of carbonyl (C=O) groups excluding carboxylic acids is 1. The van der Waals surface area contributed by atoms with Crippen molar-refractivity contribution in [2.24, 2.45) is 5.10 Å². The second kappa shape index (κ2) is 10.6. The second-order valence-corrected chi connectivity index (χ2v) is 8.70. The topological polar surface area (TPSA) is 85.1 Å². The molecule has 2 heterocycles. The Hall–Kier alpha value is -3.20. The zero-order valence-electron chi connectivity index (χ0n) is 17.4. The van der Waals surface area contributed by atoms with Gasteiger partial charge in [-0.25, -0.2) is 5.43 Å². The molecule has 1 N–H and O–H groups in total. The van der Waals surface area contributed by atoms with E-state index in [0.29, 0.717) is 26.7 Å². The van der Waals surface area contributed by atoms with Gasteiger partial charge in [-0.15, -0.1) is 10.2 Å². The van der Waals surface area contributed by atoms with Gasteiger partial charge in [0, 0.05) is 39.3 Å². The van der Waals surface area contributed by atoms with Crippen LogP contribution in [0.5, 0.6) is 0 Å². The number of hydrazone groups is 1. The van der Waals surface area contributed by atoms with Crippen molar-refractivity contribution in [1.29, 1.82) is 0 Å². The third-order valence-electron chi connectivity index (χ3n) is 4.60. The van der Waals surface area contributed by atoms with Gasteiger partial charge in [-0.1, -0.05) is 35.0 Å². The molecular formula is C23H18Cl2N6OS. The van der Waals surface area contributed by atoms with Gasteiger partial charge in [-0.05, 0) is 67.6 Å². The van der Waals surface area contributed by atoms with Gasteiger partial charge in [-0.2, -0.15) is 5.10 Å². The summed E-state index contributed by atoms with van der Waals surface area (Å²) >= 11 is 13.4. The summed E-state index contributed by atoms with van der Waals surface area (Å²) in [6.07, 6.45) is 3.35. The number of carbonyl (C=O) groups is 1.